The number of amides is 2. The standard InChI is InChI=1S/C24H28N4O3S/c1-17-23(24(30)26(2)3)32-21(25-17)15-27-10-12-28(13-11-27)22(29)16-31-20-9-8-18-6-4-5-7-19(18)14-20/h4-9,14H,10-13,15-16H2,1-3H3. The minimum absolute atomic E-state index is 0.00164. The highest BCUT2D eigenvalue weighted by Gasteiger charge is 2.23. The molecule has 2 amide bonds. The van der Waals surface area contributed by atoms with Crippen molar-refractivity contribution in [2.75, 3.05) is 46.9 Å². The van der Waals surface area contributed by atoms with E-state index in [0.29, 0.717) is 30.3 Å². The Labute approximate surface area is 192 Å². The summed E-state index contributed by atoms with van der Waals surface area (Å²) in [5.41, 5.74) is 0.781. The van der Waals surface area contributed by atoms with Gasteiger partial charge >= 0.3 is 0 Å². The van der Waals surface area contributed by atoms with E-state index in [-0.39, 0.29) is 18.4 Å². The summed E-state index contributed by atoms with van der Waals surface area (Å²) < 4.78 is 5.76. The second-order valence-electron chi connectivity index (χ2n) is 8.18. The number of nitrogens with zero attached hydrogens (tertiary/aromatic N) is 4. The van der Waals surface area contributed by atoms with E-state index in [1.807, 2.05) is 48.2 Å². The summed E-state index contributed by atoms with van der Waals surface area (Å²) in [5.74, 6) is 0.702. The lowest BCUT2D eigenvalue weighted by atomic mass is 10.1. The quantitative estimate of drug-likeness (QED) is 0.575. The third kappa shape index (κ3) is 5.08. The molecule has 2 aromatic carbocycles. The number of fused-ring (bicyclic) bond motifs is 1. The van der Waals surface area contributed by atoms with E-state index in [1.165, 1.54) is 11.3 Å². The molecule has 0 bridgehead atoms. The zero-order valence-corrected chi connectivity index (χ0v) is 19.5. The molecule has 1 aliphatic rings. The molecular formula is C24H28N4O3S. The van der Waals surface area contributed by atoms with Gasteiger partial charge in [-0.05, 0) is 29.8 Å². The first kappa shape index (κ1) is 22.2. The number of aromatic nitrogens is 1. The van der Waals surface area contributed by atoms with Crippen molar-refractivity contribution >= 4 is 33.9 Å². The number of rotatable bonds is 6. The van der Waals surface area contributed by atoms with Crippen LogP contribution in [-0.2, 0) is 11.3 Å². The summed E-state index contributed by atoms with van der Waals surface area (Å²) in [6.07, 6.45) is 0. The van der Waals surface area contributed by atoms with E-state index in [2.05, 4.69) is 16.0 Å². The Morgan fingerprint density at radius 2 is 1.78 bits per heavy atom. The van der Waals surface area contributed by atoms with Crippen molar-refractivity contribution in [2.24, 2.45) is 0 Å². The first-order valence-corrected chi connectivity index (χ1v) is 11.5. The highest BCUT2D eigenvalue weighted by molar-refractivity contribution is 7.13. The van der Waals surface area contributed by atoms with Crippen LogP contribution < -0.4 is 4.74 Å². The Balaban J connectivity index is 1.26. The number of hydrogen-bond acceptors (Lipinski definition) is 6. The van der Waals surface area contributed by atoms with Gasteiger partial charge in [-0.15, -0.1) is 11.3 Å². The molecule has 0 unspecified atom stereocenters. The normalized spacial score (nSPS) is 14.5. The van der Waals surface area contributed by atoms with Crippen molar-refractivity contribution in [3.63, 3.8) is 0 Å². The average molecular weight is 453 g/mol. The lowest BCUT2D eigenvalue weighted by Gasteiger charge is -2.34. The Hall–Kier alpha value is -2.97. The monoisotopic (exact) mass is 452 g/mol. The predicted octanol–water partition coefficient (Wildman–Crippen LogP) is 3.03. The average Bonchev–Trinajstić information content (AvgIpc) is 3.16. The van der Waals surface area contributed by atoms with Crippen LogP contribution in [0.1, 0.15) is 20.4 Å². The van der Waals surface area contributed by atoms with Gasteiger partial charge in [0.2, 0.25) is 0 Å². The fourth-order valence-corrected chi connectivity index (χ4v) is 4.89. The summed E-state index contributed by atoms with van der Waals surface area (Å²) >= 11 is 1.46. The molecule has 1 saturated heterocycles. The molecule has 8 heteroatoms. The molecule has 1 aliphatic heterocycles. The minimum atomic E-state index is -0.00641. The van der Waals surface area contributed by atoms with Crippen LogP contribution in [0.25, 0.3) is 10.8 Å². The smallest absolute Gasteiger partial charge is 0.265 e. The maximum atomic E-state index is 12.6. The first-order valence-electron chi connectivity index (χ1n) is 10.7. The molecule has 4 rings (SSSR count). The highest BCUT2D eigenvalue weighted by Crippen LogP contribution is 2.22. The van der Waals surface area contributed by atoms with Crippen molar-refractivity contribution in [1.29, 1.82) is 0 Å². The summed E-state index contributed by atoms with van der Waals surface area (Å²) in [5, 5.41) is 3.18. The summed E-state index contributed by atoms with van der Waals surface area (Å²) in [7, 11) is 3.50. The van der Waals surface area contributed by atoms with Crippen molar-refractivity contribution in [3.8, 4) is 5.75 Å². The van der Waals surface area contributed by atoms with Gasteiger partial charge in [-0.3, -0.25) is 14.5 Å². The molecular weight excluding hydrogens is 424 g/mol. The summed E-state index contributed by atoms with van der Waals surface area (Å²) in [6, 6.07) is 14.0. The Morgan fingerprint density at radius 1 is 1.06 bits per heavy atom. The van der Waals surface area contributed by atoms with Crippen LogP contribution in [0.3, 0.4) is 0 Å². The van der Waals surface area contributed by atoms with Gasteiger partial charge in [-0.1, -0.05) is 30.3 Å². The van der Waals surface area contributed by atoms with E-state index >= 15 is 0 Å². The third-order valence-electron chi connectivity index (χ3n) is 5.61. The zero-order valence-electron chi connectivity index (χ0n) is 18.7. The largest absolute Gasteiger partial charge is 0.484 e. The molecule has 0 radical (unpaired) electrons. The molecule has 1 aromatic heterocycles. The van der Waals surface area contributed by atoms with E-state index < -0.39 is 0 Å². The van der Waals surface area contributed by atoms with Crippen molar-refractivity contribution in [2.45, 2.75) is 13.5 Å². The predicted molar refractivity (Wildman–Crippen MR) is 126 cm³/mol. The molecule has 0 N–H and O–H groups in total. The number of carbonyl (C=O) groups excluding carboxylic acids is 2. The molecule has 0 atom stereocenters. The Kier molecular flexibility index (Phi) is 6.72. The molecule has 0 aliphatic carbocycles. The molecule has 32 heavy (non-hydrogen) atoms. The number of ether oxygens (including phenoxy) is 1. The van der Waals surface area contributed by atoms with Gasteiger partial charge in [-0.2, -0.15) is 0 Å². The van der Waals surface area contributed by atoms with Gasteiger partial charge in [-0.25, -0.2) is 4.98 Å². The Morgan fingerprint density at radius 3 is 2.50 bits per heavy atom. The summed E-state index contributed by atoms with van der Waals surface area (Å²) in [6.45, 7) is 5.49. The van der Waals surface area contributed by atoms with Crippen LogP contribution >= 0.6 is 11.3 Å². The van der Waals surface area contributed by atoms with Crippen molar-refractivity contribution in [3.05, 3.63) is 58.0 Å². The van der Waals surface area contributed by atoms with Crippen LogP contribution in [0.15, 0.2) is 42.5 Å². The minimum Gasteiger partial charge on any atom is -0.484 e. The lowest BCUT2D eigenvalue weighted by Crippen LogP contribution is -2.49. The lowest BCUT2D eigenvalue weighted by molar-refractivity contribution is -0.135. The second-order valence-corrected chi connectivity index (χ2v) is 9.26. The van der Waals surface area contributed by atoms with E-state index in [9.17, 15) is 9.59 Å². The zero-order chi connectivity index (χ0) is 22.7. The second kappa shape index (κ2) is 9.67. The van der Waals surface area contributed by atoms with Crippen LogP contribution in [0.4, 0.5) is 0 Å². The topological polar surface area (TPSA) is 66.0 Å². The number of piperazine rings is 1. The third-order valence-corrected chi connectivity index (χ3v) is 6.74. The van der Waals surface area contributed by atoms with Gasteiger partial charge in [0, 0.05) is 40.3 Å². The molecule has 0 spiro atoms. The first-order chi connectivity index (χ1) is 15.4. The van der Waals surface area contributed by atoms with Crippen molar-refractivity contribution < 1.29 is 14.3 Å². The molecule has 168 valence electrons. The van der Waals surface area contributed by atoms with Gasteiger partial charge < -0.3 is 14.5 Å². The summed E-state index contributed by atoms with van der Waals surface area (Å²) in [4.78, 5) is 35.8. The molecule has 0 saturated carbocycles. The number of thiazole rings is 1. The van der Waals surface area contributed by atoms with Crippen LogP contribution in [0, 0.1) is 6.92 Å². The van der Waals surface area contributed by atoms with Crippen LogP contribution in [0.5, 0.6) is 5.75 Å². The maximum absolute atomic E-state index is 12.6. The maximum Gasteiger partial charge on any atom is 0.265 e. The fraction of sp³-hybridized carbons (Fsp3) is 0.375. The Bertz CT molecular complexity index is 1120. The highest BCUT2D eigenvalue weighted by atomic mass is 32.1. The number of benzene rings is 2. The van der Waals surface area contributed by atoms with Crippen LogP contribution in [-0.4, -0.2) is 78.4 Å². The van der Waals surface area contributed by atoms with Gasteiger partial charge in [0.05, 0.1) is 12.2 Å². The fourth-order valence-electron chi connectivity index (χ4n) is 3.76. The number of aryl methyl sites for hydroxylation is 1. The SMILES string of the molecule is Cc1nc(CN2CCN(C(=O)COc3ccc4ccccc4c3)CC2)sc1C(=O)N(C)C. The van der Waals surface area contributed by atoms with Gasteiger partial charge in [0.15, 0.2) is 6.61 Å². The van der Waals surface area contributed by atoms with Crippen molar-refractivity contribution in [1.82, 2.24) is 19.7 Å². The van der Waals surface area contributed by atoms with Crippen LogP contribution in [0.2, 0.25) is 0 Å². The number of hydrogen-bond donors (Lipinski definition) is 0. The van der Waals surface area contributed by atoms with E-state index in [1.54, 1.807) is 19.0 Å². The van der Waals surface area contributed by atoms with E-state index in [4.69, 9.17) is 4.74 Å². The number of carbonyl (C=O) groups is 2. The van der Waals surface area contributed by atoms with Gasteiger partial charge in [0.1, 0.15) is 15.6 Å². The molecule has 7 nitrogen and oxygen atoms in total. The van der Waals surface area contributed by atoms with E-state index in [0.717, 1.165) is 34.6 Å². The molecule has 2 heterocycles. The molecule has 1 fully saturated rings. The van der Waals surface area contributed by atoms with Gasteiger partial charge in [0.25, 0.3) is 11.8 Å². The molecule has 3 aromatic rings.